The first-order valence-corrected chi connectivity index (χ1v) is 8.63. The van der Waals surface area contributed by atoms with Gasteiger partial charge in [0.05, 0.1) is 32.1 Å². The molecule has 0 fully saturated rings. The Morgan fingerprint density at radius 3 is 2.73 bits per heavy atom. The summed E-state index contributed by atoms with van der Waals surface area (Å²) in [7, 11) is 4.96. The summed E-state index contributed by atoms with van der Waals surface area (Å²) >= 11 is 0. The molecule has 3 rings (SSSR count). The van der Waals surface area contributed by atoms with E-state index in [4.69, 9.17) is 14.2 Å². The molecule has 0 spiro atoms. The highest BCUT2D eigenvalue weighted by atomic mass is 16.5. The predicted octanol–water partition coefficient (Wildman–Crippen LogP) is 2.72. The molecule has 0 saturated heterocycles. The molecule has 1 N–H and O–H groups in total. The normalized spacial score (nSPS) is 19.0. The van der Waals surface area contributed by atoms with Crippen molar-refractivity contribution in [3.05, 3.63) is 40.7 Å². The zero-order valence-electron chi connectivity index (χ0n) is 15.8. The number of nitrogens with zero attached hydrogens (tertiary/aromatic N) is 2. The number of hydrogen-bond acceptors (Lipinski definition) is 5. The van der Waals surface area contributed by atoms with Crippen LogP contribution in [0, 0.1) is 0 Å². The zero-order chi connectivity index (χ0) is 18.8. The highest BCUT2D eigenvalue weighted by Crippen LogP contribution is 2.31. The van der Waals surface area contributed by atoms with Gasteiger partial charge in [0.1, 0.15) is 0 Å². The molecule has 1 aliphatic rings. The standard InChI is InChI=1S/C19H25N3O4/c1-11-8-14-17(12(2)26-11)20-21-18(14)19(23)22(3)10-13-6-7-15(24-4)16(9-13)25-5/h6-7,9,11-12H,8,10H2,1-5H3,(H,20,21)/t11-,12+/m0/s1. The van der Waals surface area contributed by atoms with E-state index in [2.05, 4.69) is 10.2 Å². The van der Waals surface area contributed by atoms with Crippen molar-refractivity contribution in [1.29, 1.82) is 0 Å². The molecule has 1 aromatic heterocycles. The summed E-state index contributed by atoms with van der Waals surface area (Å²) in [6, 6.07) is 5.63. The smallest absolute Gasteiger partial charge is 0.274 e. The molecule has 0 aliphatic carbocycles. The maximum absolute atomic E-state index is 12.9. The summed E-state index contributed by atoms with van der Waals surface area (Å²) in [5.74, 6) is 1.19. The molecule has 0 saturated carbocycles. The maximum Gasteiger partial charge on any atom is 0.274 e. The van der Waals surface area contributed by atoms with E-state index in [1.165, 1.54) is 0 Å². The van der Waals surface area contributed by atoms with E-state index in [-0.39, 0.29) is 18.1 Å². The maximum atomic E-state index is 12.9. The van der Waals surface area contributed by atoms with Crippen LogP contribution >= 0.6 is 0 Å². The summed E-state index contributed by atoms with van der Waals surface area (Å²) in [4.78, 5) is 14.6. The molecule has 1 aromatic carbocycles. The summed E-state index contributed by atoms with van der Waals surface area (Å²) in [6.07, 6.45) is 0.665. The monoisotopic (exact) mass is 359 g/mol. The third-order valence-corrected chi connectivity index (χ3v) is 4.65. The lowest BCUT2D eigenvalue weighted by atomic mass is 9.99. The number of fused-ring (bicyclic) bond motifs is 1. The minimum atomic E-state index is -0.112. The Morgan fingerprint density at radius 2 is 2.04 bits per heavy atom. The molecule has 7 heteroatoms. The molecule has 2 heterocycles. The van der Waals surface area contributed by atoms with Crippen molar-refractivity contribution in [3.8, 4) is 11.5 Å². The van der Waals surface area contributed by atoms with E-state index >= 15 is 0 Å². The number of hydrogen-bond donors (Lipinski definition) is 1. The van der Waals surface area contributed by atoms with Crippen molar-refractivity contribution in [3.63, 3.8) is 0 Å². The van der Waals surface area contributed by atoms with Gasteiger partial charge in [-0.05, 0) is 31.5 Å². The number of H-pyrrole nitrogens is 1. The van der Waals surface area contributed by atoms with Crippen molar-refractivity contribution in [2.45, 2.75) is 39.0 Å². The van der Waals surface area contributed by atoms with Gasteiger partial charge in [-0.1, -0.05) is 6.07 Å². The summed E-state index contributed by atoms with van der Waals surface area (Å²) in [6.45, 7) is 4.42. The quantitative estimate of drug-likeness (QED) is 0.888. The van der Waals surface area contributed by atoms with Gasteiger partial charge in [-0.15, -0.1) is 0 Å². The van der Waals surface area contributed by atoms with Gasteiger partial charge in [-0.25, -0.2) is 0 Å². The van der Waals surface area contributed by atoms with Crippen molar-refractivity contribution in [2.24, 2.45) is 0 Å². The second-order valence-electron chi connectivity index (χ2n) is 6.61. The van der Waals surface area contributed by atoms with Crippen LogP contribution < -0.4 is 9.47 Å². The van der Waals surface area contributed by atoms with Gasteiger partial charge >= 0.3 is 0 Å². The lowest BCUT2D eigenvalue weighted by Gasteiger charge is -2.25. The SMILES string of the molecule is COc1ccc(CN(C)C(=O)c2n[nH]c3c2C[C@H](C)O[C@@H]3C)cc1OC. The highest BCUT2D eigenvalue weighted by molar-refractivity contribution is 5.94. The topological polar surface area (TPSA) is 76.7 Å². The van der Waals surface area contributed by atoms with Crippen LogP contribution in [0.5, 0.6) is 11.5 Å². The molecule has 0 unspecified atom stereocenters. The molecular weight excluding hydrogens is 334 g/mol. The minimum absolute atomic E-state index is 0.0674. The Labute approximate surface area is 153 Å². The van der Waals surface area contributed by atoms with Gasteiger partial charge < -0.3 is 19.1 Å². The molecule has 2 aromatic rings. The number of benzene rings is 1. The van der Waals surface area contributed by atoms with Crippen LogP contribution in [0.25, 0.3) is 0 Å². The van der Waals surface area contributed by atoms with Crippen molar-refractivity contribution in [2.75, 3.05) is 21.3 Å². The molecule has 140 valence electrons. The van der Waals surface area contributed by atoms with Gasteiger partial charge in [0.25, 0.3) is 5.91 Å². The van der Waals surface area contributed by atoms with Crippen molar-refractivity contribution >= 4 is 5.91 Å². The Bertz CT molecular complexity index is 802. The first kappa shape index (κ1) is 18.3. The number of methoxy groups -OCH3 is 2. The average Bonchev–Trinajstić information content (AvgIpc) is 3.04. The third kappa shape index (κ3) is 3.39. The molecule has 1 aliphatic heterocycles. The number of carbonyl (C=O) groups excluding carboxylic acids is 1. The molecule has 7 nitrogen and oxygen atoms in total. The van der Waals surface area contributed by atoms with Crippen LogP contribution in [0.1, 0.15) is 47.3 Å². The summed E-state index contributed by atoms with van der Waals surface area (Å²) in [5, 5.41) is 7.24. The Kier molecular flexibility index (Phi) is 5.18. The number of nitrogens with one attached hydrogen (secondary N) is 1. The van der Waals surface area contributed by atoms with Crippen LogP contribution in [0.15, 0.2) is 18.2 Å². The van der Waals surface area contributed by atoms with Crippen molar-refractivity contribution in [1.82, 2.24) is 15.1 Å². The molecule has 26 heavy (non-hydrogen) atoms. The van der Waals surface area contributed by atoms with Gasteiger partial charge in [0.15, 0.2) is 17.2 Å². The Balaban J connectivity index is 1.79. The fourth-order valence-corrected chi connectivity index (χ4v) is 3.36. The van der Waals surface area contributed by atoms with E-state index in [0.717, 1.165) is 16.8 Å². The van der Waals surface area contributed by atoms with E-state index in [1.807, 2.05) is 32.0 Å². The second-order valence-corrected chi connectivity index (χ2v) is 6.61. The molecule has 1 amide bonds. The van der Waals surface area contributed by atoms with Crippen LogP contribution in [0.4, 0.5) is 0 Å². The molecule has 0 radical (unpaired) electrons. The zero-order valence-corrected chi connectivity index (χ0v) is 15.8. The van der Waals surface area contributed by atoms with Crippen LogP contribution in [0.2, 0.25) is 0 Å². The molecular formula is C19H25N3O4. The van der Waals surface area contributed by atoms with Gasteiger partial charge in [0.2, 0.25) is 0 Å². The van der Waals surface area contributed by atoms with Crippen molar-refractivity contribution < 1.29 is 19.0 Å². The predicted molar refractivity (Wildman–Crippen MR) is 96.6 cm³/mol. The number of ether oxygens (including phenoxy) is 3. The largest absolute Gasteiger partial charge is 0.493 e. The van der Waals surface area contributed by atoms with Crippen LogP contribution in [-0.2, 0) is 17.7 Å². The second kappa shape index (κ2) is 7.37. The number of aromatic amines is 1. The molecule has 2 atom stereocenters. The van der Waals surface area contributed by atoms with Gasteiger partial charge in [-0.3, -0.25) is 9.89 Å². The fourth-order valence-electron chi connectivity index (χ4n) is 3.36. The Hall–Kier alpha value is -2.54. The van der Waals surface area contributed by atoms with E-state index in [9.17, 15) is 4.79 Å². The van der Waals surface area contributed by atoms with Gasteiger partial charge in [0, 0.05) is 25.6 Å². The fraction of sp³-hybridized carbons (Fsp3) is 0.474. The minimum Gasteiger partial charge on any atom is -0.493 e. The molecule has 0 bridgehead atoms. The lowest BCUT2D eigenvalue weighted by Crippen LogP contribution is -2.29. The lowest BCUT2D eigenvalue weighted by molar-refractivity contribution is -0.00701. The first-order chi connectivity index (χ1) is 12.4. The number of rotatable bonds is 5. The Morgan fingerprint density at radius 1 is 1.31 bits per heavy atom. The number of carbonyl (C=O) groups is 1. The third-order valence-electron chi connectivity index (χ3n) is 4.65. The summed E-state index contributed by atoms with van der Waals surface area (Å²) in [5.41, 5.74) is 3.28. The number of aromatic nitrogens is 2. The van der Waals surface area contributed by atoms with E-state index < -0.39 is 0 Å². The summed E-state index contributed by atoms with van der Waals surface area (Å²) < 4.78 is 16.4. The first-order valence-electron chi connectivity index (χ1n) is 8.63. The van der Waals surface area contributed by atoms with Crippen LogP contribution in [0.3, 0.4) is 0 Å². The number of amides is 1. The van der Waals surface area contributed by atoms with Gasteiger partial charge in [-0.2, -0.15) is 5.10 Å². The average molecular weight is 359 g/mol. The van der Waals surface area contributed by atoms with E-state index in [1.54, 1.807) is 26.2 Å². The van der Waals surface area contributed by atoms with Crippen LogP contribution in [-0.4, -0.2) is 48.4 Å². The highest BCUT2D eigenvalue weighted by Gasteiger charge is 2.30. The van der Waals surface area contributed by atoms with E-state index in [0.29, 0.717) is 30.2 Å².